The summed E-state index contributed by atoms with van der Waals surface area (Å²) in [5.74, 6) is 0.214. The number of H-pyrrole nitrogens is 1. The van der Waals surface area contributed by atoms with Gasteiger partial charge in [0.2, 0.25) is 5.91 Å². The van der Waals surface area contributed by atoms with Crippen molar-refractivity contribution in [1.29, 1.82) is 0 Å². The lowest BCUT2D eigenvalue weighted by Crippen LogP contribution is -2.26. The fraction of sp³-hybridized carbons (Fsp3) is 0.462. The van der Waals surface area contributed by atoms with Crippen LogP contribution in [0.15, 0.2) is 16.0 Å². The molecule has 2 aromatic rings. The van der Waals surface area contributed by atoms with Gasteiger partial charge in [0.1, 0.15) is 5.52 Å². The van der Waals surface area contributed by atoms with Crippen LogP contribution in [0, 0.1) is 6.92 Å². The second-order valence-corrected chi connectivity index (χ2v) is 5.55. The number of fused-ring (bicyclic) bond motifs is 1. The molecule has 0 aromatic carbocycles. The van der Waals surface area contributed by atoms with E-state index in [0.717, 1.165) is 12.1 Å². The Bertz CT molecular complexity index is 689. The molecule has 0 saturated carbocycles. The van der Waals surface area contributed by atoms with E-state index in [1.165, 1.54) is 16.3 Å². The molecule has 0 aliphatic heterocycles. The summed E-state index contributed by atoms with van der Waals surface area (Å²) < 4.78 is 1.47. The number of thioether (sulfide) groups is 1. The number of aromatic amines is 1. The predicted octanol–water partition coefficient (Wildman–Crippen LogP) is 1.19. The molecule has 0 radical (unpaired) electrons. The standard InChI is InChI=1S/C13H18N4O2S/c1-4-5-14-10(18)7-20-13-16-9-6-8(2)15-11(9)12(19)17(13)3/h6,15H,4-5,7H2,1-3H3,(H,14,18). The van der Waals surface area contributed by atoms with Gasteiger partial charge in [0.25, 0.3) is 5.56 Å². The second kappa shape index (κ2) is 6.13. The maximum atomic E-state index is 12.2. The lowest BCUT2D eigenvalue weighted by atomic mass is 10.4. The third kappa shape index (κ3) is 3.04. The minimum absolute atomic E-state index is 0.0450. The zero-order chi connectivity index (χ0) is 14.7. The zero-order valence-corrected chi connectivity index (χ0v) is 12.6. The zero-order valence-electron chi connectivity index (χ0n) is 11.8. The van der Waals surface area contributed by atoms with Gasteiger partial charge in [0.15, 0.2) is 5.16 Å². The van der Waals surface area contributed by atoms with E-state index in [2.05, 4.69) is 15.3 Å². The Labute approximate surface area is 121 Å². The van der Waals surface area contributed by atoms with Gasteiger partial charge in [0, 0.05) is 19.3 Å². The molecule has 0 spiro atoms. The molecule has 20 heavy (non-hydrogen) atoms. The summed E-state index contributed by atoms with van der Waals surface area (Å²) in [7, 11) is 1.66. The van der Waals surface area contributed by atoms with E-state index in [1.807, 2.05) is 19.9 Å². The predicted molar refractivity (Wildman–Crippen MR) is 80.1 cm³/mol. The fourth-order valence-electron chi connectivity index (χ4n) is 1.83. The Hall–Kier alpha value is -1.76. The van der Waals surface area contributed by atoms with Crippen LogP contribution in [0.5, 0.6) is 0 Å². The van der Waals surface area contributed by atoms with Crippen molar-refractivity contribution in [2.45, 2.75) is 25.4 Å². The van der Waals surface area contributed by atoms with Crippen molar-refractivity contribution in [3.05, 3.63) is 22.1 Å². The van der Waals surface area contributed by atoms with Crippen LogP contribution in [0.25, 0.3) is 11.0 Å². The van der Waals surface area contributed by atoms with Crippen molar-refractivity contribution in [3.8, 4) is 0 Å². The molecule has 0 aliphatic rings. The molecule has 108 valence electrons. The third-order valence-electron chi connectivity index (χ3n) is 2.86. The van der Waals surface area contributed by atoms with Gasteiger partial charge in [-0.2, -0.15) is 0 Å². The van der Waals surface area contributed by atoms with E-state index in [9.17, 15) is 9.59 Å². The molecule has 0 saturated heterocycles. The van der Waals surface area contributed by atoms with Gasteiger partial charge in [-0.3, -0.25) is 14.2 Å². The monoisotopic (exact) mass is 294 g/mol. The first-order valence-corrected chi connectivity index (χ1v) is 7.47. The van der Waals surface area contributed by atoms with Gasteiger partial charge < -0.3 is 10.3 Å². The average Bonchev–Trinajstić information content (AvgIpc) is 2.79. The summed E-state index contributed by atoms with van der Waals surface area (Å²) in [5, 5.41) is 3.35. The number of amides is 1. The summed E-state index contributed by atoms with van der Waals surface area (Å²) in [5.41, 5.74) is 1.92. The molecule has 0 unspecified atom stereocenters. The lowest BCUT2D eigenvalue weighted by molar-refractivity contribution is -0.118. The summed E-state index contributed by atoms with van der Waals surface area (Å²) >= 11 is 1.27. The van der Waals surface area contributed by atoms with Crippen LogP contribution >= 0.6 is 11.8 Å². The minimum atomic E-state index is -0.125. The fourth-order valence-corrected chi connectivity index (χ4v) is 2.63. The third-order valence-corrected chi connectivity index (χ3v) is 3.89. The number of aryl methyl sites for hydroxylation is 1. The van der Waals surface area contributed by atoms with Gasteiger partial charge in [-0.15, -0.1) is 0 Å². The highest BCUT2D eigenvalue weighted by Gasteiger charge is 2.12. The Morgan fingerprint density at radius 1 is 1.55 bits per heavy atom. The van der Waals surface area contributed by atoms with Gasteiger partial charge in [0.05, 0.1) is 11.3 Å². The van der Waals surface area contributed by atoms with Crippen LogP contribution < -0.4 is 10.9 Å². The summed E-state index contributed by atoms with van der Waals surface area (Å²) in [6.07, 6.45) is 0.904. The van der Waals surface area contributed by atoms with Gasteiger partial charge in [-0.1, -0.05) is 18.7 Å². The molecule has 1 amide bonds. The van der Waals surface area contributed by atoms with Crippen molar-refractivity contribution in [2.24, 2.45) is 7.05 Å². The Kier molecular flexibility index (Phi) is 4.49. The van der Waals surface area contributed by atoms with Crippen LogP contribution in [0.3, 0.4) is 0 Å². The summed E-state index contributed by atoms with van der Waals surface area (Å²) in [4.78, 5) is 31.2. The maximum Gasteiger partial charge on any atom is 0.278 e. The van der Waals surface area contributed by atoms with Crippen molar-refractivity contribution in [1.82, 2.24) is 19.9 Å². The van der Waals surface area contributed by atoms with Crippen LogP contribution in [0.2, 0.25) is 0 Å². The van der Waals surface area contributed by atoms with E-state index >= 15 is 0 Å². The van der Waals surface area contributed by atoms with Crippen LogP contribution in [-0.2, 0) is 11.8 Å². The van der Waals surface area contributed by atoms with E-state index in [0.29, 0.717) is 22.7 Å². The molecule has 2 aromatic heterocycles. The number of aromatic nitrogens is 3. The number of hydrogen-bond acceptors (Lipinski definition) is 4. The molecule has 0 aliphatic carbocycles. The number of rotatable bonds is 5. The number of nitrogens with zero attached hydrogens (tertiary/aromatic N) is 2. The largest absolute Gasteiger partial charge is 0.355 e. The van der Waals surface area contributed by atoms with Crippen LogP contribution in [0.4, 0.5) is 0 Å². The van der Waals surface area contributed by atoms with Gasteiger partial charge >= 0.3 is 0 Å². The van der Waals surface area contributed by atoms with E-state index in [-0.39, 0.29) is 17.2 Å². The molecular weight excluding hydrogens is 276 g/mol. The molecule has 2 rings (SSSR count). The van der Waals surface area contributed by atoms with E-state index in [1.54, 1.807) is 7.05 Å². The summed E-state index contributed by atoms with van der Waals surface area (Å²) in [6.45, 7) is 4.55. The topological polar surface area (TPSA) is 79.8 Å². The molecule has 2 N–H and O–H groups in total. The molecule has 7 heteroatoms. The van der Waals surface area contributed by atoms with Crippen molar-refractivity contribution in [3.63, 3.8) is 0 Å². The average molecular weight is 294 g/mol. The van der Waals surface area contributed by atoms with E-state index in [4.69, 9.17) is 0 Å². The van der Waals surface area contributed by atoms with Gasteiger partial charge in [-0.05, 0) is 19.4 Å². The molecule has 0 atom stereocenters. The Morgan fingerprint density at radius 3 is 3.00 bits per heavy atom. The second-order valence-electron chi connectivity index (χ2n) is 4.61. The van der Waals surface area contributed by atoms with Gasteiger partial charge in [-0.25, -0.2) is 4.98 Å². The lowest BCUT2D eigenvalue weighted by Gasteiger charge is -2.07. The molecule has 6 nitrogen and oxygen atoms in total. The number of hydrogen-bond donors (Lipinski definition) is 2. The van der Waals surface area contributed by atoms with Crippen LogP contribution in [0.1, 0.15) is 19.0 Å². The highest BCUT2D eigenvalue weighted by molar-refractivity contribution is 7.99. The molecule has 0 bridgehead atoms. The SMILES string of the molecule is CCCNC(=O)CSc1nc2cc(C)[nH]c2c(=O)n1C. The quantitative estimate of drug-likeness (QED) is 0.641. The molecule has 0 fully saturated rings. The number of nitrogens with one attached hydrogen (secondary N) is 2. The van der Waals surface area contributed by atoms with Crippen LogP contribution in [-0.4, -0.2) is 32.7 Å². The normalized spacial score (nSPS) is 10.9. The summed E-state index contributed by atoms with van der Waals surface area (Å²) in [6, 6.07) is 1.83. The smallest absolute Gasteiger partial charge is 0.278 e. The van der Waals surface area contributed by atoms with E-state index < -0.39 is 0 Å². The first-order valence-electron chi connectivity index (χ1n) is 6.48. The van der Waals surface area contributed by atoms with Crippen molar-refractivity contribution >= 4 is 28.7 Å². The first kappa shape index (κ1) is 14.6. The van der Waals surface area contributed by atoms with Crippen molar-refractivity contribution in [2.75, 3.05) is 12.3 Å². The molecule has 2 heterocycles. The van der Waals surface area contributed by atoms with Crippen molar-refractivity contribution < 1.29 is 4.79 Å². The number of carbonyl (C=O) groups is 1. The number of carbonyl (C=O) groups excluding carboxylic acids is 1. The maximum absolute atomic E-state index is 12.2. The molecular formula is C13H18N4O2S. The Balaban J connectivity index is 2.20. The Morgan fingerprint density at radius 2 is 2.30 bits per heavy atom. The minimum Gasteiger partial charge on any atom is -0.355 e. The highest BCUT2D eigenvalue weighted by Crippen LogP contribution is 2.17. The first-order chi connectivity index (χ1) is 9.52. The highest BCUT2D eigenvalue weighted by atomic mass is 32.2.